The molecule has 0 spiro atoms. The van der Waals surface area contributed by atoms with Gasteiger partial charge in [0.05, 0.1) is 13.2 Å². The molecule has 0 radical (unpaired) electrons. The monoisotopic (exact) mass is 674 g/mol. The fraction of sp³-hybridized carbons (Fsp3) is 0.234. The number of aliphatic hydroxyl groups excluding tert-OH is 2. The smallest absolute Gasteiger partial charge is 0.135 e. The van der Waals surface area contributed by atoms with E-state index in [0.717, 1.165) is 81.7 Å². The summed E-state index contributed by atoms with van der Waals surface area (Å²) in [6.45, 7) is 0.285. The maximum absolute atomic E-state index is 9.90. The average Bonchev–Trinajstić information content (AvgIpc) is 3.47. The average molecular weight is 675 g/mol. The second-order valence-corrected chi connectivity index (χ2v) is 13.4. The summed E-state index contributed by atoms with van der Waals surface area (Å²) in [5.41, 5.74) is 10.6. The van der Waals surface area contributed by atoms with Crippen molar-refractivity contribution >= 4 is 0 Å². The Balaban J connectivity index is 1.56. The molecule has 1 saturated carbocycles. The lowest BCUT2D eigenvalue weighted by atomic mass is 9.67. The van der Waals surface area contributed by atoms with Gasteiger partial charge in [0, 0.05) is 27.7 Å². The van der Waals surface area contributed by atoms with Gasteiger partial charge in [-0.3, -0.25) is 0 Å². The Hall–Kier alpha value is -5.16. The van der Waals surface area contributed by atoms with E-state index in [0.29, 0.717) is 0 Å². The van der Waals surface area contributed by atoms with Gasteiger partial charge in [-0.2, -0.15) is 0 Å². The molecule has 1 aliphatic carbocycles. The summed E-state index contributed by atoms with van der Waals surface area (Å²) >= 11 is 0. The first-order valence-electron chi connectivity index (χ1n) is 18.3. The molecule has 6 aromatic rings. The topological polar surface area (TPSA) is 58.9 Å². The van der Waals surface area contributed by atoms with Crippen molar-refractivity contribution in [1.29, 1.82) is 0 Å². The van der Waals surface area contributed by atoms with Gasteiger partial charge in [0.15, 0.2) is 0 Å². The molecule has 0 aromatic heterocycles. The van der Waals surface area contributed by atoms with Crippen LogP contribution >= 0.6 is 0 Å². The van der Waals surface area contributed by atoms with Crippen LogP contribution in [0.4, 0.5) is 0 Å². The van der Waals surface area contributed by atoms with Gasteiger partial charge in [-0.1, -0.05) is 147 Å². The summed E-state index contributed by atoms with van der Waals surface area (Å²) in [5.74, 6) is 1.58. The minimum absolute atomic E-state index is 0.0661. The Morgan fingerprint density at radius 3 is 0.980 bits per heavy atom. The third-order valence-electron chi connectivity index (χ3n) is 10.3. The maximum atomic E-state index is 9.90. The third-order valence-corrected chi connectivity index (χ3v) is 10.3. The lowest BCUT2D eigenvalue weighted by Crippen LogP contribution is -2.28. The van der Waals surface area contributed by atoms with E-state index >= 15 is 0 Å². The fourth-order valence-electron chi connectivity index (χ4n) is 7.82. The van der Waals surface area contributed by atoms with Crippen molar-refractivity contribution in [3.63, 3.8) is 0 Å². The van der Waals surface area contributed by atoms with Crippen molar-refractivity contribution < 1.29 is 19.7 Å². The Kier molecular flexibility index (Phi) is 10.9. The Bertz CT molecular complexity index is 1740. The lowest BCUT2D eigenvalue weighted by Gasteiger charge is -2.37. The van der Waals surface area contributed by atoms with E-state index in [4.69, 9.17) is 9.47 Å². The molecule has 258 valence electrons. The molecule has 0 amide bonds. The molecule has 0 saturated heterocycles. The van der Waals surface area contributed by atoms with E-state index in [9.17, 15) is 10.2 Å². The number of hydrogen-bond acceptors (Lipinski definition) is 4. The van der Waals surface area contributed by atoms with E-state index < -0.39 is 0 Å². The summed E-state index contributed by atoms with van der Waals surface area (Å²) in [5, 5.41) is 19.8. The molecule has 6 aromatic carbocycles. The number of hydrogen-bond donors (Lipinski definition) is 2. The molecule has 4 heteroatoms. The highest BCUT2D eigenvalue weighted by atomic mass is 16.5. The van der Waals surface area contributed by atoms with Gasteiger partial charge in [-0.25, -0.2) is 0 Å². The molecule has 4 nitrogen and oxygen atoms in total. The van der Waals surface area contributed by atoms with Crippen LogP contribution in [-0.2, 0) is 5.41 Å². The van der Waals surface area contributed by atoms with Crippen LogP contribution in [-0.4, -0.2) is 36.6 Å². The predicted octanol–water partition coefficient (Wildman–Crippen LogP) is 10.7. The zero-order valence-electron chi connectivity index (χ0n) is 29.1. The van der Waals surface area contributed by atoms with Crippen molar-refractivity contribution in [1.82, 2.24) is 0 Å². The molecule has 0 heterocycles. The lowest BCUT2D eigenvalue weighted by molar-refractivity contribution is 0.202. The Labute approximate surface area is 302 Å². The van der Waals surface area contributed by atoms with Gasteiger partial charge in [0.2, 0.25) is 0 Å². The highest BCUT2D eigenvalue weighted by molar-refractivity contribution is 5.86. The Morgan fingerprint density at radius 2 is 0.706 bits per heavy atom. The van der Waals surface area contributed by atoms with Crippen molar-refractivity contribution in [2.45, 2.75) is 43.9 Å². The zero-order chi connectivity index (χ0) is 34.9. The van der Waals surface area contributed by atoms with Crippen molar-refractivity contribution in [3.05, 3.63) is 157 Å². The van der Waals surface area contributed by atoms with E-state index in [-0.39, 0.29) is 31.8 Å². The van der Waals surface area contributed by atoms with Crippen LogP contribution in [0.2, 0.25) is 0 Å². The number of aliphatic hydroxyl groups is 2. The SMILES string of the molecule is OCCOc1c(-c2ccccc2)cc(C2(c3cc(-c4ccccc4)c(OCCO)c(-c4ccccc4)c3)CCCCCC2)cc1-c1ccccc1. The predicted molar refractivity (Wildman–Crippen MR) is 208 cm³/mol. The van der Waals surface area contributed by atoms with Crippen LogP contribution < -0.4 is 9.47 Å². The third kappa shape index (κ3) is 7.35. The molecular weight excluding hydrogens is 629 g/mol. The summed E-state index contributed by atoms with van der Waals surface area (Å²) in [4.78, 5) is 0. The van der Waals surface area contributed by atoms with Crippen molar-refractivity contribution in [2.75, 3.05) is 26.4 Å². The van der Waals surface area contributed by atoms with Crippen LogP contribution in [0, 0.1) is 0 Å². The quantitative estimate of drug-likeness (QED) is 0.127. The summed E-state index contributed by atoms with van der Waals surface area (Å²) in [6.07, 6.45) is 6.65. The summed E-state index contributed by atoms with van der Waals surface area (Å²) in [6, 6.07) is 51.4. The summed E-state index contributed by atoms with van der Waals surface area (Å²) < 4.78 is 12.9. The van der Waals surface area contributed by atoms with Crippen LogP contribution in [0.5, 0.6) is 11.5 Å². The molecule has 7 rings (SSSR count). The van der Waals surface area contributed by atoms with Gasteiger partial charge in [-0.15, -0.1) is 0 Å². The van der Waals surface area contributed by atoms with E-state index in [1.165, 1.54) is 24.0 Å². The number of rotatable bonds is 12. The van der Waals surface area contributed by atoms with Crippen molar-refractivity contribution in [2.24, 2.45) is 0 Å². The van der Waals surface area contributed by atoms with Crippen LogP contribution in [0.25, 0.3) is 44.5 Å². The van der Waals surface area contributed by atoms with Crippen molar-refractivity contribution in [3.8, 4) is 56.0 Å². The first-order chi connectivity index (χ1) is 25.2. The molecule has 2 N–H and O–H groups in total. The Morgan fingerprint density at radius 1 is 0.412 bits per heavy atom. The van der Waals surface area contributed by atoms with E-state index in [1.807, 2.05) is 24.3 Å². The first-order valence-corrected chi connectivity index (χ1v) is 18.3. The van der Waals surface area contributed by atoms with E-state index in [2.05, 4.69) is 121 Å². The van der Waals surface area contributed by atoms with E-state index in [1.54, 1.807) is 0 Å². The standard InChI is InChI=1S/C47H46O4/c48-27-29-50-45-41(35-17-7-3-8-18-35)31-39(32-42(45)36-19-9-4-10-20-36)47(25-15-1-2-16-26-47)40-33-43(37-21-11-5-12-22-37)46(51-30-28-49)44(34-40)38-23-13-6-14-24-38/h3-14,17-24,31-34,48-49H,1-2,15-16,25-30H2. The molecule has 51 heavy (non-hydrogen) atoms. The molecule has 0 aliphatic heterocycles. The highest BCUT2D eigenvalue weighted by Crippen LogP contribution is 2.52. The zero-order valence-corrected chi connectivity index (χ0v) is 29.1. The largest absolute Gasteiger partial charge is 0.490 e. The second kappa shape index (κ2) is 16.2. The molecule has 0 unspecified atom stereocenters. The molecular formula is C47H46O4. The van der Waals surface area contributed by atoms with Gasteiger partial charge < -0.3 is 19.7 Å². The molecule has 1 fully saturated rings. The highest BCUT2D eigenvalue weighted by Gasteiger charge is 2.38. The van der Waals surface area contributed by atoms with Gasteiger partial charge in [-0.05, 0) is 70.5 Å². The number of benzene rings is 6. The fourth-order valence-corrected chi connectivity index (χ4v) is 7.82. The first kappa shape index (κ1) is 34.3. The van der Waals surface area contributed by atoms with Crippen LogP contribution in [0.3, 0.4) is 0 Å². The minimum Gasteiger partial charge on any atom is -0.490 e. The summed E-state index contributed by atoms with van der Waals surface area (Å²) in [7, 11) is 0. The van der Waals surface area contributed by atoms with Crippen LogP contribution in [0.15, 0.2) is 146 Å². The minimum atomic E-state index is -0.304. The normalized spacial score (nSPS) is 14.1. The molecule has 0 atom stereocenters. The van der Waals surface area contributed by atoms with Crippen LogP contribution in [0.1, 0.15) is 49.7 Å². The maximum Gasteiger partial charge on any atom is 0.135 e. The number of ether oxygens (including phenoxy) is 2. The molecule has 0 bridgehead atoms. The van der Waals surface area contributed by atoms with Gasteiger partial charge in [0.25, 0.3) is 0 Å². The van der Waals surface area contributed by atoms with Gasteiger partial charge in [0.1, 0.15) is 24.7 Å². The molecule has 1 aliphatic rings. The second-order valence-electron chi connectivity index (χ2n) is 13.4. The van der Waals surface area contributed by atoms with Gasteiger partial charge >= 0.3 is 0 Å².